The first kappa shape index (κ1) is 19.7. The lowest BCUT2D eigenvalue weighted by atomic mass is 9.95. The number of amides is 2. The molecule has 2 fully saturated rings. The average Bonchev–Trinajstić information content (AvgIpc) is 3.53. The average molecular weight is 394 g/mol. The van der Waals surface area contributed by atoms with E-state index in [1.807, 2.05) is 30.3 Å². The molecule has 0 radical (unpaired) electrons. The van der Waals surface area contributed by atoms with Gasteiger partial charge in [0, 0.05) is 35.6 Å². The number of carbonyl (C=O) groups is 2. The highest BCUT2D eigenvalue weighted by molar-refractivity contribution is 5.96. The van der Waals surface area contributed by atoms with Crippen LogP contribution >= 0.6 is 0 Å². The number of nitrogens with zero attached hydrogens (tertiary/aromatic N) is 1. The van der Waals surface area contributed by atoms with Gasteiger partial charge < -0.3 is 15.2 Å². The van der Waals surface area contributed by atoms with Gasteiger partial charge in [-0.25, -0.2) is 0 Å². The Hall–Kier alpha value is -2.56. The van der Waals surface area contributed by atoms with E-state index in [0.717, 1.165) is 35.3 Å². The summed E-state index contributed by atoms with van der Waals surface area (Å²) in [6, 6.07) is 10.3. The Morgan fingerprint density at radius 3 is 2.52 bits per heavy atom. The van der Waals surface area contributed by atoms with Crippen LogP contribution in [0, 0.1) is 19.8 Å². The summed E-state index contributed by atoms with van der Waals surface area (Å²) in [5.41, 5.74) is 4.78. The maximum absolute atomic E-state index is 12.9. The number of carbonyl (C=O) groups excluding carboxylic acids is 2. The molecule has 154 valence electrons. The van der Waals surface area contributed by atoms with E-state index >= 15 is 0 Å². The van der Waals surface area contributed by atoms with Gasteiger partial charge >= 0.3 is 0 Å². The highest BCUT2D eigenvalue weighted by atomic mass is 16.2. The van der Waals surface area contributed by atoms with Crippen molar-refractivity contribution in [2.75, 3.05) is 5.32 Å². The summed E-state index contributed by atoms with van der Waals surface area (Å²) >= 11 is 0. The zero-order chi connectivity index (χ0) is 20.4. The maximum atomic E-state index is 12.9. The van der Waals surface area contributed by atoms with Gasteiger partial charge in [-0.15, -0.1) is 0 Å². The number of anilines is 1. The molecule has 0 bridgehead atoms. The first-order chi connectivity index (χ1) is 14.0. The summed E-state index contributed by atoms with van der Waals surface area (Å²) in [4.78, 5) is 24.8. The molecule has 2 aliphatic carbocycles. The maximum Gasteiger partial charge on any atom is 0.253 e. The zero-order valence-corrected chi connectivity index (χ0v) is 17.5. The van der Waals surface area contributed by atoms with Gasteiger partial charge in [0.1, 0.15) is 0 Å². The standard InChI is InChI=1S/C24H31N3O2/c1-16-13-22(17(2)27(16)21-9-4-3-5-10-21)24(29)25-15-18-7-6-8-20(14-18)26-23(28)19-11-12-19/h6-8,13-14,19,21H,3-5,9-12,15H2,1-2H3,(H,25,29)(H,26,28). The van der Waals surface area contributed by atoms with E-state index in [9.17, 15) is 9.59 Å². The van der Waals surface area contributed by atoms with Gasteiger partial charge in [-0.2, -0.15) is 0 Å². The predicted molar refractivity (Wildman–Crippen MR) is 115 cm³/mol. The molecule has 1 aromatic heterocycles. The Kier molecular flexibility index (Phi) is 5.74. The lowest BCUT2D eigenvalue weighted by Gasteiger charge is -2.26. The zero-order valence-electron chi connectivity index (χ0n) is 17.5. The van der Waals surface area contributed by atoms with Crippen LogP contribution in [-0.2, 0) is 11.3 Å². The molecule has 0 saturated heterocycles. The quantitative estimate of drug-likeness (QED) is 0.734. The van der Waals surface area contributed by atoms with Gasteiger partial charge in [-0.3, -0.25) is 9.59 Å². The number of aromatic nitrogens is 1. The number of hydrogen-bond acceptors (Lipinski definition) is 2. The summed E-state index contributed by atoms with van der Waals surface area (Å²) in [7, 11) is 0. The van der Waals surface area contributed by atoms with Crippen molar-refractivity contribution in [1.29, 1.82) is 0 Å². The van der Waals surface area contributed by atoms with Crippen LogP contribution in [0.2, 0.25) is 0 Å². The third kappa shape index (κ3) is 4.55. The molecule has 0 atom stereocenters. The van der Waals surface area contributed by atoms with Crippen LogP contribution in [0.5, 0.6) is 0 Å². The molecule has 0 unspecified atom stereocenters. The molecule has 2 saturated carbocycles. The van der Waals surface area contributed by atoms with Gasteiger partial charge in [0.25, 0.3) is 5.91 Å². The van der Waals surface area contributed by atoms with Crippen molar-refractivity contribution in [1.82, 2.24) is 9.88 Å². The molecule has 29 heavy (non-hydrogen) atoms. The van der Waals surface area contributed by atoms with Crippen LogP contribution < -0.4 is 10.6 Å². The fourth-order valence-corrected chi connectivity index (χ4v) is 4.53. The molecule has 2 aromatic rings. The predicted octanol–water partition coefficient (Wildman–Crippen LogP) is 4.89. The summed E-state index contributed by atoms with van der Waals surface area (Å²) in [5.74, 6) is 0.242. The van der Waals surface area contributed by atoms with Gasteiger partial charge in [0.2, 0.25) is 5.91 Å². The van der Waals surface area contributed by atoms with Crippen molar-refractivity contribution >= 4 is 17.5 Å². The van der Waals surface area contributed by atoms with E-state index in [0.29, 0.717) is 12.6 Å². The van der Waals surface area contributed by atoms with E-state index in [1.54, 1.807) is 0 Å². The van der Waals surface area contributed by atoms with Gasteiger partial charge in [0.15, 0.2) is 0 Å². The fraction of sp³-hybridized carbons (Fsp3) is 0.500. The Balaban J connectivity index is 1.40. The number of benzene rings is 1. The SMILES string of the molecule is Cc1cc(C(=O)NCc2cccc(NC(=O)C3CC3)c2)c(C)n1C1CCCCC1. The van der Waals surface area contributed by atoms with Gasteiger partial charge in [0.05, 0.1) is 5.56 Å². The van der Waals surface area contributed by atoms with Crippen molar-refractivity contribution in [3.8, 4) is 0 Å². The second-order valence-corrected chi connectivity index (χ2v) is 8.59. The minimum atomic E-state index is -0.0346. The Morgan fingerprint density at radius 1 is 1.03 bits per heavy atom. The Morgan fingerprint density at radius 2 is 1.79 bits per heavy atom. The molecule has 2 amide bonds. The minimum Gasteiger partial charge on any atom is -0.348 e. The minimum absolute atomic E-state index is 0.0346. The lowest BCUT2D eigenvalue weighted by molar-refractivity contribution is -0.117. The van der Waals surface area contributed by atoms with Crippen molar-refractivity contribution in [2.24, 2.45) is 5.92 Å². The Bertz CT molecular complexity index is 905. The number of nitrogens with one attached hydrogen (secondary N) is 2. The van der Waals surface area contributed by atoms with Crippen molar-refractivity contribution < 1.29 is 9.59 Å². The molecular weight excluding hydrogens is 362 g/mol. The van der Waals surface area contributed by atoms with Crippen molar-refractivity contribution in [2.45, 2.75) is 71.4 Å². The fourth-order valence-electron chi connectivity index (χ4n) is 4.53. The molecule has 4 rings (SSSR count). The molecule has 1 heterocycles. The second kappa shape index (κ2) is 8.44. The number of aryl methyl sites for hydroxylation is 1. The van der Waals surface area contributed by atoms with E-state index in [4.69, 9.17) is 0 Å². The third-order valence-corrected chi connectivity index (χ3v) is 6.26. The van der Waals surface area contributed by atoms with E-state index < -0.39 is 0 Å². The monoisotopic (exact) mass is 393 g/mol. The van der Waals surface area contributed by atoms with Gasteiger partial charge in [-0.1, -0.05) is 31.4 Å². The van der Waals surface area contributed by atoms with Crippen LogP contribution in [0.25, 0.3) is 0 Å². The first-order valence-electron chi connectivity index (χ1n) is 10.9. The molecular formula is C24H31N3O2. The number of rotatable bonds is 6. The van der Waals surface area contributed by atoms with Gasteiger partial charge in [-0.05, 0) is 63.3 Å². The first-order valence-corrected chi connectivity index (χ1v) is 10.9. The Labute approximate surface area is 172 Å². The van der Waals surface area contributed by atoms with Crippen molar-refractivity contribution in [3.05, 3.63) is 52.8 Å². The van der Waals surface area contributed by atoms with E-state index in [-0.39, 0.29) is 17.7 Å². The summed E-state index contributed by atoms with van der Waals surface area (Å²) in [6.07, 6.45) is 8.26. The van der Waals surface area contributed by atoms with Crippen LogP contribution in [-0.4, -0.2) is 16.4 Å². The molecule has 2 aliphatic rings. The van der Waals surface area contributed by atoms with E-state index in [1.165, 1.54) is 37.8 Å². The van der Waals surface area contributed by atoms with Crippen molar-refractivity contribution in [3.63, 3.8) is 0 Å². The lowest BCUT2D eigenvalue weighted by Crippen LogP contribution is -2.24. The summed E-state index contributed by atoms with van der Waals surface area (Å²) in [5, 5.41) is 6.02. The van der Waals surface area contributed by atoms with E-state index in [2.05, 4.69) is 29.0 Å². The topological polar surface area (TPSA) is 63.1 Å². The smallest absolute Gasteiger partial charge is 0.253 e. The molecule has 5 nitrogen and oxygen atoms in total. The molecule has 2 N–H and O–H groups in total. The van der Waals surface area contributed by atoms with Crippen LogP contribution in [0.15, 0.2) is 30.3 Å². The number of hydrogen-bond donors (Lipinski definition) is 2. The second-order valence-electron chi connectivity index (χ2n) is 8.59. The largest absolute Gasteiger partial charge is 0.348 e. The highest BCUT2D eigenvalue weighted by Crippen LogP contribution is 2.32. The molecule has 5 heteroatoms. The summed E-state index contributed by atoms with van der Waals surface area (Å²) in [6.45, 7) is 4.61. The van der Waals surface area contributed by atoms with Crippen LogP contribution in [0.3, 0.4) is 0 Å². The van der Waals surface area contributed by atoms with Crippen LogP contribution in [0.1, 0.15) is 78.3 Å². The molecule has 1 aromatic carbocycles. The van der Waals surface area contributed by atoms with Crippen LogP contribution in [0.4, 0.5) is 5.69 Å². The molecule has 0 aliphatic heterocycles. The summed E-state index contributed by atoms with van der Waals surface area (Å²) < 4.78 is 2.36. The molecule has 0 spiro atoms. The normalized spacial score (nSPS) is 17.2. The highest BCUT2D eigenvalue weighted by Gasteiger charge is 2.29. The third-order valence-electron chi connectivity index (χ3n) is 6.26.